The summed E-state index contributed by atoms with van der Waals surface area (Å²) >= 11 is 0. The zero-order chi connectivity index (χ0) is 60.8. The van der Waals surface area contributed by atoms with Gasteiger partial charge in [-0.15, -0.1) is 0 Å². The van der Waals surface area contributed by atoms with Crippen LogP contribution in [-0.2, 0) is 21.7 Å². The van der Waals surface area contributed by atoms with Crippen molar-refractivity contribution in [3.8, 4) is 44.5 Å². The molecule has 0 aliphatic heterocycles. The molecule has 0 amide bonds. The van der Waals surface area contributed by atoms with Crippen LogP contribution in [0.3, 0.4) is 0 Å². The minimum absolute atomic E-state index is 0.107. The Morgan fingerprint density at radius 1 is 0.221 bits per heavy atom. The van der Waals surface area contributed by atoms with Crippen molar-refractivity contribution in [2.45, 2.75) is 132 Å². The van der Waals surface area contributed by atoms with Crippen LogP contribution in [0.15, 0.2) is 218 Å². The molecule has 0 atom stereocenters. The van der Waals surface area contributed by atoms with Crippen molar-refractivity contribution in [3.05, 3.63) is 263 Å². The molecule has 0 saturated carbocycles. The van der Waals surface area contributed by atoms with Crippen molar-refractivity contribution >= 4 is 66.4 Å². The van der Waals surface area contributed by atoms with Crippen molar-refractivity contribution in [1.82, 2.24) is 0 Å². The van der Waals surface area contributed by atoms with E-state index in [9.17, 15) is 0 Å². The lowest BCUT2D eigenvalue weighted by molar-refractivity contribution is 0.568. The largest absolute Gasteiger partial charge is 0.310 e. The molecular formula is C84H84N2. The number of hydrogen-bond acceptors (Lipinski definition) is 2. The highest BCUT2D eigenvalue weighted by Gasteiger charge is 2.29. The lowest BCUT2D eigenvalue weighted by Gasteiger charge is -2.33. The summed E-state index contributed by atoms with van der Waals surface area (Å²) in [5.41, 5.74) is 26.0. The van der Waals surface area contributed by atoms with Crippen LogP contribution >= 0.6 is 0 Å². The minimum atomic E-state index is -0.107. The van der Waals surface area contributed by atoms with Gasteiger partial charge in [-0.2, -0.15) is 0 Å². The van der Waals surface area contributed by atoms with E-state index in [1.54, 1.807) is 0 Å². The lowest BCUT2D eigenvalue weighted by Crippen LogP contribution is -2.19. The third-order valence-electron chi connectivity index (χ3n) is 17.8. The summed E-state index contributed by atoms with van der Waals surface area (Å²) in [5, 5.41) is 7.35. The molecule has 12 aromatic rings. The van der Waals surface area contributed by atoms with Gasteiger partial charge in [0.25, 0.3) is 0 Å². The molecule has 2 nitrogen and oxygen atoms in total. The van der Waals surface area contributed by atoms with E-state index in [0.29, 0.717) is 0 Å². The molecule has 0 spiro atoms. The maximum absolute atomic E-state index is 2.58. The van der Waals surface area contributed by atoms with Crippen LogP contribution in [0.1, 0.15) is 128 Å². The highest BCUT2D eigenvalue weighted by molar-refractivity contribution is 6.28. The Bertz CT molecular complexity index is 4010. The molecule has 0 aromatic heterocycles. The molecule has 0 N–H and O–H groups in total. The molecule has 0 saturated heterocycles. The standard InChI is InChI=1S/C84H84N2/c1-53-17-25-57(26-18-53)63-41-64(58-27-19-54(2)20-28-58)44-71(43-63)85(73-49-67(81(5,6)7)47-68(50-73)82(8,9)10)77-39-35-61-34-38-76-78(40-36-62-33-37-75(77)79(61)80(62)76)86(74-51-69(83(11,12)13)48-70(52-74)84(14,15)16)72-45-65(59-29-21-55(3)22-30-59)42-66(46-72)60-31-23-56(4)24-32-60/h17-52H,1-16H3. The number of anilines is 6. The molecule has 0 heterocycles. The van der Waals surface area contributed by atoms with Gasteiger partial charge in [-0.25, -0.2) is 0 Å². The summed E-state index contributed by atoms with van der Waals surface area (Å²) < 4.78 is 0. The molecular weight excluding hydrogens is 1040 g/mol. The predicted octanol–water partition coefficient (Wildman–Crippen LogP) is 24.6. The molecule has 0 unspecified atom stereocenters. The highest BCUT2D eigenvalue weighted by Crippen LogP contribution is 2.51. The van der Waals surface area contributed by atoms with Crippen molar-refractivity contribution in [2.24, 2.45) is 0 Å². The van der Waals surface area contributed by atoms with Crippen LogP contribution in [0.25, 0.3) is 76.8 Å². The van der Waals surface area contributed by atoms with Crippen LogP contribution in [0.4, 0.5) is 34.1 Å². The predicted molar refractivity (Wildman–Crippen MR) is 375 cm³/mol. The fourth-order valence-electron chi connectivity index (χ4n) is 12.4. The van der Waals surface area contributed by atoms with E-state index in [1.807, 2.05) is 0 Å². The first-order valence-corrected chi connectivity index (χ1v) is 30.9. The van der Waals surface area contributed by atoms with Crippen LogP contribution in [-0.4, -0.2) is 0 Å². The second-order valence-corrected chi connectivity index (χ2v) is 28.8. The Hall–Kier alpha value is -8.72. The normalized spacial score (nSPS) is 12.4. The van der Waals surface area contributed by atoms with E-state index in [-0.39, 0.29) is 21.7 Å². The minimum Gasteiger partial charge on any atom is -0.310 e. The molecule has 12 rings (SSSR count). The molecule has 86 heavy (non-hydrogen) atoms. The maximum atomic E-state index is 2.58. The summed E-state index contributed by atoms with van der Waals surface area (Å²) in [5.74, 6) is 0. The van der Waals surface area contributed by atoms with Gasteiger partial charge < -0.3 is 9.80 Å². The van der Waals surface area contributed by atoms with E-state index < -0.39 is 0 Å². The molecule has 0 aliphatic rings. The van der Waals surface area contributed by atoms with Gasteiger partial charge in [0.15, 0.2) is 0 Å². The smallest absolute Gasteiger partial charge is 0.0540 e. The Labute approximate surface area is 513 Å². The zero-order valence-electron chi connectivity index (χ0n) is 53.7. The van der Waals surface area contributed by atoms with Gasteiger partial charge in [-0.05, 0) is 210 Å². The molecule has 0 fully saturated rings. The number of nitrogens with zero attached hydrogens (tertiary/aromatic N) is 2. The fraction of sp³-hybridized carbons (Fsp3) is 0.238. The average molecular weight is 1120 g/mol. The fourth-order valence-corrected chi connectivity index (χ4v) is 12.4. The number of hydrogen-bond donors (Lipinski definition) is 0. The lowest BCUT2D eigenvalue weighted by atomic mass is 9.80. The van der Waals surface area contributed by atoms with Gasteiger partial charge in [0.1, 0.15) is 0 Å². The summed E-state index contributed by atoms with van der Waals surface area (Å²) in [4.78, 5) is 5.16. The van der Waals surface area contributed by atoms with Gasteiger partial charge in [-0.3, -0.25) is 0 Å². The molecule has 0 aliphatic carbocycles. The quantitative estimate of drug-likeness (QED) is 0.126. The first-order chi connectivity index (χ1) is 40.7. The monoisotopic (exact) mass is 1120 g/mol. The van der Waals surface area contributed by atoms with Gasteiger partial charge in [-0.1, -0.05) is 251 Å². The Morgan fingerprint density at radius 3 is 0.698 bits per heavy atom. The van der Waals surface area contributed by atoms with E-state index in [0.717, 1.165) is 34.1 Å². The Morgan fingerprint density at radius 2 is 0.453 bits per heavy atom. The number of benzene rings is 12. The SMILES string of the molecule is Cc1ccc(-c2cc(-c3ccc(C)cc3)cc(N(c3cc(C(C)(C)C)cc(C(C)(C)C)c3)c3ccc4ccc5c(N(c6cc(-c7ccc(C)cc7)cc(-c7ccc(C)cc7)c6)c6cc(C(C)(C)C)cc(C(C)(C)C)c6)ccc6ccc3c4c65)c2)cc1. The summed E-state index contributed by atoms with van der Waals surface area (Å²) in [6.45, 7) is 36.8. The van der Waals surface area contributed by atoms with Crippen LogP contribution in [0.2, 0.25) is 0 Å². The second-order valence-electron chi connectivity index (χ2n) is 28.8. The Kier molecular flexibility index (Phi) is 14.5. The highest BCUT2D eigenvalue weighted by atomic mass is 15.2. The maximum Gasteiger partial charge on any atom is 0.0540 e. The van der Waals surface area contributed by atoms with Crippen molar-refractivity contribution in [2.75, 3.05) is 9.80 Å². The van der Waals surface area contributed by atoms with E-state index in [2.05, 4.69) is 339 Å². The third-order valence-corrected chi connectivity index (χ3v) is 17.8. The third kappa shape index (κ3) is 11.4. The zero-order valence-corrected chi connectivity index (χ0v) is 53.7. The van der Waals surface area contributed by atoms with Gasteiger partial charge in [0.2, 0.25) is 0 Å². The first kappa shape index (κ1) is 57.7. The molecule has 2 heteroatoms. The summed E-state index contributed by atoms with van der Waals surface area (Å²) in [6.07, 6.45) is 0. The van der Waals surface area contributed by atoms with Crippen LogP contribution in [0.5, 0.6) is 0 Å². The van der Waals surface area contributed by atoms with Gasteiger partial charge in [0.05, 0.1) is 11.4 Å². The molecule has 0 radical (unpaired) electrons. The van der Waals surface area contributed by atoms with E-state index in [4.69, 9.17) is 0 Å². The van der Waals surface area contributed by atoms with Crippen LogP contribution in [0, 0.1) is 27.7 Å². The summed E-state index contributed by atoms with van der Waals surface area (Å²) in [7, 11) is 0. The topological polar surface area (TPSA) is 6.48 Å². The molecule has 12 aromatic carbocycles. The summed E-state index contributed by atoms with van der Waals surface area (Å²) in [6, 6.07) is 84.3. The average Bonchev–Trinajstić information content (AvgIpc) is 0.885. The second kappa shape index (κ2) is 21.7. The van der Waals surface area contributed by atoms with E-state index in [1.165, 1.54) is 121 Å². The van der Waals surface area contributed by atoms with Crippen molar-refractivity contribution in [3.63, 3.8) is 0 Å². The number of rotatable bonds is 10. The molecule has 0 bridgehead atoms. The van der Waals surface area contributed by atoms with Gasteiger partial charge in [0, 0.05) is 33.5 Å². The van der Waals surface area contributed by atoms with Gasteiger partial charge >= 0.3 is 0 Å². The van der Waals surface area contributed by atoms with Crippen molar-refractivity contribution < 1.29 is 0 Å². The first-order valence-electron chi connectivity index (χ1n) is 30.9. The van der Waals surface area contributed by atoms with Crippen molar-refractivity contribution in [1.29, 1.82) is 0 Å². The Balaban J connectivity index is 1.17. The number of aryl methyl sites for hydroxylation is 4. The van der Waals surface area contributed by atoms with Crippen LogP contribution < -0.4 is 9.80 Å². The molecule has 430 valence electrons. The van der Waals surface area contributed by atoms with E-state index >= 15 is 0 Å².